The lowest BCUT2D eigenvalue weighted by Crippen LogP contribution is -2.34. The summed E-state index contributed by atoms with van der Waals surface area (Å²) in [5, 5.41) is 8.84. The third kappa shape index (κ3) is 7.27. The van der Waals surface area contributed by atoms with Crippen molar-refractivity contribution in [2.45, 2.75) is 47.8 Å². The van der Waals surface area contributed by atoms with Crippen molar-refractivity contribution in [2.75, 3.05) is 19.6 Å². The van der Waals surface area contributed by atoms with E-state index in [4.69, 9.17) is 9.84 Å². The highest BCUT2D eigenvalue weighted by atomic mass is 32.2. The van der Waals surface area contributed by atoms with Gasteiger partial charge in [-0.1, -0.05) is 54.2 Å². The van der Waals surface area contributed by atoms with Gasteiger partial charge in [-0.2, -0.15) is 13.2 Å². The van der Waals surface area contributed by atoms with E-state index in [0.717, 1.165) is 54.2 Å². The van der Waals surface area contributed by atoms with Crippen LogP contribution in [0, 0.1) is 0 Å². The molecule has 1 saturated heterocycles. The third-order valence-electron chi connectivity index (χ3n) is 6.31. The number of halogens is 3. The van der Waals surface area contributed by atoms with Crippen LogP contribution in [0.2, 0.25) is 0 Å². The lowest BCUT2D eigenvalue weighted by molar-refractivity contribution is -0.140. The molecule has 0 aliphatic carbocycles. The fourth-order valence-electron chi connectivity index (χ4n) is 4.32. The lowest BCUT2D eigenvalue weighted by Gasteiger charge is -2.31. The van der Waals surface area contributed by atoms with Gasteiger partial charge in [0.05, 0.1) is 12.0 Å². The van der Waals surface area contributed by atoms with Crippen LogP contribution in [0.5, 0.6) is 5.75 Å². The first kappa shape index (κ1) is 26.1. The van der Waals surface area contributed by atoms with Crippen LogP contribution < -0.4 is 4.74 Å². The Morgan fingerprint density at radius 1 is 1.00 bits per heavy atom. The number of piperidine rings is 1. The van der Waals surface area contributed by atoms with Crippen molar-refractivity contribution < 1.29 is 27.8 Å². The molecule has 0 unspecified atom stereocenters. The Balaban J connectivity index is 1.34. The molecule has 4 rings (SSSR count). The average molecular weight is 516 g/mol. The van der Waals surface area contributed by atoms with Gasteiger partial charge in [-0.15, -0.1) is 0 Å². The Bertz CT molecular complexity index is 1140. The molecule has 3 aromatic rings. The predicted molar refractivity (Wildman–Crippen MR) is 133 cm³/mol. The smallest absolute Gasteiger partial charge is 0.417 e. The predicted octanol–water partition coefficient (Wildman–Crippen LogP) is 7.09. The second kappa shape index (κ2) is 11.8. The number of carboxylic acid groups (broad SMARTS) is 1. The van der Waals surface area contributed by atoms with Crippen molar-refractivity contribution in [3.05, 3.63) is 89.5 Å². The molecule has 0 spiro atoms. The quantitative estimate of drug-likeness (QED) is 0.330. The van der Waals surface area contributed by atoms with E-state index >= 15 is 0 Å². The minimum Gasteiger partial charge on any atom is -0.489 e. The summed E-state index contributed by atoms with van der Waals surface area (Å²) in [6.07, 6.45) is -2.37. The van der Waals surface area contributed by atoms with Gasteiger partial charge in [-0.25, -0.2) is 0 Å². The highest BCUT2D eigenvalue weighted by Crippen LogP contribution is 2.41. The topological polar surface area (TPSA) is 49.8 Å². The Labute approximate surface area is 213 Å². The van der Waals surface area contributed by atoms with Crippen molar-refractivity contribution in [3.8, 4) is 5.75 Å². The molecule has 1 aliphatic rings. The maximum absolute atomic E-state index is 13.7. The number of carboxylic acids is 1. The van der Waals surface area contributed by atoms with Crippen molar-refractivity contribution in [1.29, 1.82) is 0 Å². The monoisotopic (exact) mass is 515 g/mol. The minimum atomic E-state index is -4.48. The SMILES string of the molecule is O=C(O)CCN1CCC(c2ccc(COc3ccc(Sc4ccccc4)c(C(F)(F)F)c3)cc2)CC1. The van der Waals surface area contributed by atoms with E-state index in [1.54, 1.807) is 30.3 Å². The van der Waals surface area contributed by atoms with E-state index in [2.05, 4.69) is 17.0 Å². The van der Waals surface area contributed by atoms with Gasteiger partial charge in [0, 0.05) is 16.3 Å². The van der Waals surface area contributed by atoms with Crippen molar-refractivity contribution in [1.82, 2.24) is 4.90 Å². The number of benzene rings is 3. The standard InChI is InChI=1S/C28H28F3NO3S/c29-28(30,31)25-18-23(10-11-26(25)36-24-4-2-1-3-5-24)35-19-20-6-8-21(9-7-20)22-12-15-32(16-13-22)17-14-27(33)34/h1-11,18,22H,12-17,19H2,(H,33,34). The summed E-state index contributed by atoms with van der Waals surface area (Å²) < 4.78 is 46.9. The summed E-state index contributed by atoms with van der Waals surface area (Å²) in [6, 6.07) is 21.1. The second-order valence-electron chi connectivity index (χ2n) is 8.86. The molecule has 3 aromatic carbocycles. The van der Waals surface area contributed by atoms with Crippen LogP contribution in [-0.4, -0.2) is 35.6 Å². The van der Waals surface area contributed by atoms with Crippen molar-refractivity contribution in [3.63, 3.8) is 0 Å². The van der Waals surface area contributed by atoms with E-state index < -0.39 is 17.7 Å². The van der Waals surface area contributed by atoms with E-state index in [1.165, 1.54) is 11.6 Å². The molecule has 0 radical (unpaired) electrons. The van der Waals surface area contributed by atoms with Crippen LogP contribution in [0.3, 0.4) is 0 Å². The maximum Gasteiger partial charge on any atom is 0.417 e. The number of likely N-dealkylation sites (tertiary alicyclic amines) is 1. The molecule has 1 heterocycles. The zero-order chi connectivity index (χ0) is 25.5. The normalized spacial score (nSPS) is 15.1. The minimum absolute atomic E-state index is 0.138. The van der Waals surface area contributed by atoms with E-state index in [9.17, 15) is 18.0 Å². The van der Waals surface area contributed by atoms with Crippen LogP contribution in [0.15, 0.2) is 82.6 Å². The largest absolute Gasteiger partial charge is 0.489 e. The molecular weight excluding hydrogens is 487 g/mol. The molecule has 1 aliphatic heterocycles. The number of carbonyl (C=O) groups is 1. The summed E-state index contributed by atoms with van der Waals surface area (Å²) in [5.74, 6) is -0.172. The Morgan fingerprint density at radius 3 is 2.33 bits per heavy atom. The number of rotatable bonds is 9. The molecule has 0 bridgehead atoms. The molecule has 36 heavy (non-hydrogen) atoms. The van der Waals surface area contributed by atoms with E-state index in [0.29, 0.717) is 12.5 Å². The van der Waals surface area contributed by atoms with Crippen molar-refractivity contribution >= 4 is 17.7 Å². The molecule has 0 atom stereocenters. The zero-order valence-electron chi connectivity index (χ0n) is 19.7. The molecule has 0 saturated carbocycles. The van der Waals surface area contributed by atoms with Crippen LogP contribution in [-0.2, 0) is 17.6 Å². The molecule has 0 amide bonds. The second-order valence-corrected chi connectivity index (χ2v) is 9.98. The summed E-state index contributed by atoms with van der Waals surface area (Å²) in [4.78, 5) is 13.8. The third-order valence-corrected chi connectivity index (χ3v) is 7.40. The summed E-state index contributed by atoms with van der Waals surface area (Å²) in [6.45, 7) is 2.52. The number of alkyl halides is 3. The molecular formula is C28H28F3NO3S. The highest BCUT2D eigenvalue weighted by Gasteiger charge is 2.34. The lowest BCUT2D eigenvalue weighted by atomic mass is 9.89. The first-order valence-corrected chi connectivity index (χ1v) is 12.7. The first-order chi connectivity index (χ1) is 17.3. The molecule has 1 N–H and O–H groups in total. The molecule has 4 nitrogen and oxygen atoms in total. The molecule has 8 heteroatoms. The van der Waals surface area contributed by atoms with Crippen LogP contribution in [0.4, 0.5) is 13.2 Å². The van der Waals surface area contributed by atoms with E-state index in [1.807, 2.05) is 18.2 Å². The Hall–Kier alpha value is -2.97. The zero-order valence-corrected chi connectivity index (χ0v) is 20.5. The molecule has 190 valence electrons. The van der Waals surface area contributed by atoms with Gasteiger partial charge in [0.2, 0.25) is 0 Å². The summed E-state index contributed by atoms with van der Waals surface area (Å²) >= 11 is 1.08. The number of ether oxygens (including phenoxy) is 1. The van der Waals surface area contributed by atoms with Gasteiger partial charge >= 0.3 is 12.1 Å². The summed E-state index contributed by atoms with van der Waals surface area (Å²) in [7, 11) is 0. The van der Waals surface area contributed by atoms with Crippen molar-refractivity contribution in [2.24, 2.45) is 0 Å². The van der Waals surface area contributed by atoms with Gasteiger partial charge in [0.25, 0.3) is 0 Å². The van der Waals surface area contributed by atoms with E-state index in [-0.39, 0.29) is 23.7 Å². The van der Waals surface area contributed by atoms with Gasteiger partial charge < -0.3 is 14.7 Å². The fourth-order valence-corrected chi connectivity index (χ4v) is 5.29. The maximum atomic E-state index is 13.7. The number of nitrogens with zero attached hydrogens (tertiary/aromatic N) is 1. The Morgan fingerprint density at radius 2 is 1.69 bits per heavy atom. The fraction of sp³-hybridized carbons (Fsp3) is 0.321. The number of hydrogen-bond acceptors (Lipinski definition) is 4. The summed E-state index contributed by atoms with van der Waals surface area (Å²) in [5.41, 5.74) is 1.39. The molecule has 1 fully saturated rings. The van der Waals surface area contributed by atoms with Gasteiger partial charge in [0.15, 0.2) is 0 Å². The van der Waals surface area contributed by atoms with Gasteiger partial charge in [-0.3, -0.25) is 4.79 Å². The first-order valence-electron chi connectivity index (χ1n) is 11.9. The van der Waals surface area contributed by atoms with Gasteiger partial charge in [-0.05, 0) is 73.3 Å². The average Bonchev–Trinajstić information content (AvgIpc) is 2.87. The number of aliphatic carboxylic acids is 1. The number of hydrogen-bond donors (Lipinski definition) is 1. The highest BCUT2D eigenvalue weighted by molar-refractivity contribution is 7.99. The van der Waals surface area contributed by atoms with Crippen LogP contribution >= 0.6 is 11.8 Å². The van der Waals surface area contributed by atoms with Gasteiger partial charge in [0.1, 0.15) is 12.4 Å². The van der Waals surface area contributed by atoms with Crippen LogP contribution in [0.25, 0.3) is 0 Å². The molecule has 0 aromatic heterocycles. The Kier molecular flexibility index (Phi) is 8.59. The van der Waals surface area contributed by atoms with Crippen LogP contribution in [0.1, 0.15) is 41.9 Å².